The lowest BCUT2D eigenvalue weighted by molar-refractivity contribution is -0.147. The van der Waals surface area contributed by atoms with Gasteiger partial charge in [-0.05, 0) is 12.8 Å². The van der Waals surface area contributed by atoms with Crippen LogP contribution < -0.4 is 11.1 Å². The van der Waals surface area contributed by atoms with Gasteiger partial charge < -0.3 is 46.4 Å². The van der Waals surface area contributed by atoms with Crippen molar-refractivity contribution >= 4 is 17.8 Å². The van der Waals surface area contributed by atoms with E-state index < -0.39 is 72.4 Å². The van der Waals surface area contributed by atoms with Gasteiger partial charge in [0, 0.05) is 42.6 Å². The van der Waals surface area contributed by atoms with Crippen molar-refractivity contribution in [1.29, 1.82) is 0 Å². The molecule has 0 bridgehead atoms. The van der Waals surface area contributed by atoms with Crippen molar-refractivity contribution in [2.24, 2.45) is 47.2 Å². The molecule has 0 heterocycles. The van der Waals surface area contributed by atoms with E-state index in [1.807, 2.05) is 0 Å². The maximum Gasteiger partial charge on any atom is 0.404 e. The number of Topliss-reactive ketones (excluding diaryl/α,β-unsaturated/α-hetero) is 1. The second-order valence-corrected chi connectivity index (χ2v) is 12.2. The fourth-order valence-corrected chi connectivity index (χ4v) is 5.04. The van der Waals surface area contributed by atoms with E-state index in [-0.39, 0.29) is 36.5 Å². The first-order valence-electron chi connectivity index (χ1n) is 15.2. The molecule has 0 rings (SSSR count). The van der Waals surface area contributed by atoms with Gasteiger partial charge in [0.15, 0.2) is 5.78 Å². The van der Waals surface area contributed by atoms with Gasteiger partial charge in [-0.25, -0.2) is 4.79 Å². The van der Waals surface area contributed by atoms with Crippen molar-refractivity contribution in [2.45, 2.75) is 91.5 Å². The quantitative estimate of drug-likeness (QED) is 0.0636. The van der Waals surface area contributed by atoms with Crippen LogP contribution in [0.15, 0.2) is 37.0 Å². The van der Waals surface area contributed by atoms with E-state index in [1.165, 1.54) is 19.9 Å². The van der Waals surface area contributed by atoms with Crippen molar-refractivity contribution in [1.82, 2.24) is 5.32 Å². The third-order valence-electron chi connectivity index (χ3n) is 8.45. The van der Waals surface area contributed by atoms with E-state index >= 15 is 0 Å². The number of nitrogens with one attached hydrogen (secondary N) is 1. The molecule has 1 amide bonds. The van der Waals surface area contributed by atoms with E-state index in [1.54, 1.807) is 58.9 Å². The molecule has 12 nitrogen and oxygen atoms in total. The Balaban J connectivity index is 4.94. The fraction of sp³-hybridized carbons (Fsp3) is 0.719. The molecule has 12 heteroatoms. The molecule has 0 aromatic heterocycles. The maximum absolute atomic E-state index is 12.8. The normalized spacial score (nSPS) is 21.2. The average Bonchev–Trinajstić information content (AvgIpc) is 2.97. The monoisotopic (exact) mass is 628 g/mol. The Kier molecular flexibility index (Phi) is 19.2. The summed E-state index contributed by atoms with van der Waals surface area (Å²) in [4.78, 5) is 35.4. The smallest absolute Gasteiger partial charge is 0.404 e. The number of allylic oxidation sites excluding steroid dienone is 2. The van der Waals surface area contributed by atoms with Crippen LogP contribution in [0.2, 0.25) is 0 Å². The molecule has 13 atom stereocenters. The molecule has 0 aliphatic heterocycles. The zero-order chi connectivity index (χ0) is 34.3. The number of carboxylic acids is 1. The molecule has 0 aromatic rings. The lowest BCUT2D eigenvalue weighted by Gasteiger charge is -2.32. The van der Waals surface area contributed by atoms with E-state index in [9.17, 15) is 39.9 Å². The first-order chi connectivity index (χ1) is 20.4. The zero-order valence-electron chi connectivity index (χ0n) is 27.1. The van der Waals surface area contributed by atoms with Crippen molar-refractivity contribution in [3.8, 4) is 0 Å². The SMILES string of the molecule is C=CC=C[C@H](C)[C@H](OC(N)=O)[C@@H](C)[C@H](O)[C@@H](C)C(=O)CNCC(C)C(O)C(C)C=C[C@@H](O)C[C@H](O)[C@@H](C)[C@H](O)[C@@H](C)C(=O)O. The minimum atomic E-state index is -1.28. The largest absolute Gasteiger partial charge is 0.481 e. The Labute approximate surface area is 261 Å². The second-order valence-electron chi connectivity index (χ2n) is 12.2. The van der Waals surface area contributed by atoms with Crippen molar-refractivity contribution < 1.29 is 49.8 Å². The van der Waals surface area contributed by atoms with Gasteiger partial charge in [0.05, 0.1) is 43.0 Å². The van der Waals surface area contributed by atoms with E-state index in [4.69, 9.17) is 15.6 Å². The van der Waals surface area contributed by atoms with Gasteiger partial charge in [-0.15, -0.1) is 0 Å². The number of carboxylic acid groups (broad SMARTS) is 1. The molecule has 3 unspecified atom stereocenters. The average molecular weight is 629 g/mol. The molecular weight excluding hydrogens is 572 g/mol. The molecule has 0 aliphatic rings. The van der Waals surface area contributed by atoms with Crippen LogP contribution in [0.5, 0.6) is 0 Å². The van der Waals surface area contributed by atoms with Crippen LogP contribution in [0.3, 0.4) is 0 Å². The van der Waals surface area contributed by atoms with Gasteiger partial charge >= 0.3 is 12.1 Å². The molecule has 0 saturated carbocycles. The third-order valence-corrected chi connectivity index (χ3v) is 8.45. The van der Waals surface area contributed by atoms with Crippen molar-refractivity contribution in [3.63, 3.8) is 0 Å². The number of ketones is 1. The lowest BCUT2D eigenvalue weighted by atomic mass is 9.82. The summed E-state index contributed by atoms with van der Waals surface area (Å²) in [5, 5.41) is 64.5. The fourth-order valence-electron chi connectivity index (χ4n) is 5.04. The highest BCUT2D eigenvalue weighted by Gasteiger charge is 2.36. The highest BCUT2D eigenvalue weighted by molar-refractivity contribution is 5.83. The van der Waals surface area contributed by atoms with Crippen LogP contribution in [-0.4, -0.2) is 98.2 Å². The van der Waals surface area contributed by atoms with Crippen LogP contribution in [-0.2, 0) is 14.3 Å². The maximum atomic E-state index is 12.8. The minimum Gasteiger partial charge on any atom is -0.481 e. The van der Waals surface area contributed by atoms with Crippen LogP contribution in [0.4, 0.5) is 4.79 Å². The van der Waals surface area contributed by atoms with Gasteiger partial charge in [-0.3, -0.25) is 9.59 Å². The predicted molar refractivity (Wildman–Crippen MR) is 167 cm³/mol. The molecule has 44 heavy (non-hydrogen) atoms. The van der Waals surface area contributed by atoms with Crippen LogP contribution >= 0.6 is 0 Å². The molecule has 0 fully saturated rings. The van der Waals surface area contributed by atoms with Gasteiger partial charge in [-0.1, -0.05) is 78.5 Å². The molecule has 254 valence electrons. The van der Waals surface area contributed by atoms with Gasteiger partial charge in [0.2, 0.25) is 0 Å². The second kappa shape index (κ2) is 20.4. The summed E-state index contributed by atoms with van der Waals surface area (Å²) in [7, 11) is 0. The third kappa shape index (κ3) is 14.0. The Morgan fingerprint density at radius 3 is 1.91 bits per heavy atom. The summed E-state index contributed by atoms with van der Waals surface area (Å²) in [6.07, 6.45) is 0.777. The minimum absolute atomic E-state index is 0.0549. The number of nitrogens with two attached hydrogens (primary N) is 1. The number of ether oxygens (including phenoxy) is 1. The summed E-state index contributed by atoms with van der Waals surface area (Å²) in [6, 6.07) is 0. The summed E-state index contributed by atoms with van der Waals surface area (Å²) >= 11 is 0. The number of hydrogen-bond acceptors (Lipinski definition) is 10. The van der Waals surface area contributed by atoms with E-state index in [0.717, 1.165) is 0 Å². The first kappa shape index (κ1) is 41.4. The summed E-state index contributed by atoms with van der Waals surface area (Å²) in [5.74, 6) is -5.63. The number of primary amides is 1. The molecule has 0 spiro atoms. The molecule has 0 aromatic carbocycles. The number of carbonyl (C=O) groups is 3. The number of amides is 1. The highest BCUT2D eigenvalue weighted by Crippen LogP contribution is 2.26. The zero-order valence-corrected chi connectivity index (χ0v) is 27.1. The van der Waals surface area contributed by atoms with Crippen LogP contribution in [0.1, 0.15) is 54.9 Å². The standard InChI is InChI=1S/C32H56N2O10/c1-9-10-11-18(3)30(44-32(33)43)22(7)28(39)21(6)26(37)16-34-15-19(4)27(38)17(2)12-13-24(35)14-25(36)20(5)29(40)23(8)31(41)42/h9-13,17-25,27-30,34-36,38-40H,1,14-16H2,2-8H3,(H2,33,43)(H,41,42)/t17?,18-,19?,20+,21-,22-,23+,24+,25-,27?,28+,29-,30-/m0/s1. The van der Waals surface area contributed by atoms with Gasteiger partial charge in [-0.2, -0.15) is 0 Å². The predicted octanol–water partition coefficient (Wildman–Crippen LogP) is 1.64. The Morgan fingerprint density at radius 1 is 0.818 bits per heavy atom. The summed E-state index contributed by atoms with van der Waals surface area (Å²) in [6.45, 7) is 15.3. The highest BCUT2D eigenvalue weighted by atomic mass is 16.6. The molecule has 9 N–H and O–H groups in total. The Hall–Kier alpha value is -2.61. The molecule has 0 radical (unpaired) electrons. The topological polar surface area (TPSA) is 220 Å². The Bertz CT molecular complexity index is 957. The van der Waals surface area contributed by atoms with E-state index in [0.29, 0.717) is 6.54 Å². The van der Waals surface area contributed by atoms with Crippen LogP contribution in [0.25, 0.3) is 0 Å². The number of aliphatic carboxylic acids is 1. The number of aliphatic hydroxyl groups excluding tert-OH is 5. The molecule has 0 aliphatic carbocycles. The van der Waals surface area contributed by atoms with Crippen LogP contribution in [0, 0.1) is 41.4 Å². The number of rotatable bonds is 22. The molecular formula is C32H56N2O10. The number of carbonyl (C=O) groups excluding carboxylic acids is 2. The van der Waals surface area contributed by atoms with Crippen molar-refractivity contribution in [2.75, 3.05) is 13.1 Å². The summed E-state index contributed by atoms with van der Waals surface area (Å²) in [5.41, 5.74) is 5.23. The van der Waals surface area contributed by atoms with Gasteiger partial charge in [0.1, 0.15) is 6.10 Å². The summed E-state index contributed by atoms with van der Waals surface area (Å²) < 4.78 is 5.25. The lowest BCUT2D eigenvalue weighted by Crippen LogP contribution is -2.44. The van der Waals surface area contributed by atoms with Gasteiger partial charge in [0.25, 0.3) is 0 Å². The van der Waals surface area contributed by atoms with E-state index in [2.05, 4.69) is 11.9 Å². The van der Waals surface area contributed by atoms with Crippen molar-refractivity contribution in [3.05, 3.63) is 37.0 Å². The Morgan fingerprint density at radius 2 is 1.39 bits per heavy atom. The molecule has 0 saturated heterocycles. The first-order valence-corrected chi connectivity index (χ1v) is 15.2. The number of aliphatic hydroxyl groups is 5. The number of hydrogen-bond donors (Lipinski definition) is 8.